The monoisotopic (exact) mass is 248 g/mol. The molecule has 1 aliphatic heterocycles. The number of nitrogen functional groups attached to an aromatic ring is 1. The summed E-state index contributed by atoms with van der Waals surface area (Å²) in [5.74, 6) is -0.00102. The fourth-order valence-corrected chi connectivity index (χ4v) is 2.35. The molecule has 0 aliphatic carbocycles. The lowest BCUT2D eigenvalue weighted by atomic mass is 9.98. The minimum atomic E-state index is -0.288. The maximum Gasteiger partial charge on any atom is 0.256 e. The molecule has 1 fully saturated rings. The van der Waals surface area contributed by atoms with Crippen LogP contribution in [-0.2, 0) is 4.74 Å². The molecule has 0 aromatic heterocycles. The van der Waals surface area contributed by atoms with Crippen LogP contribution in [0.4, 0.5) is 5.69 Å². The van der Waals surface area contributed by atoms with Crippen molar-refractivity contribution >= 4 is 11.6 Å². The van der Waals surface area contributed by atoms with Crippen molar-refractivity contribution in [3.05, 3.63) is 29.3 Å². The van der Waals surface area contributed by atoms with E-state index in [1.165, 1.54) is 0 Å². The van der Waals surface area contributed by atoms with E-state index >= 15 is 0 Å². The van der Waals surface area contributed by atoms with E-state index in [4.69, 9.17) is 10.5 Å². The molecule has 4 nitrogen and oxygen atoms in total. The second-order valence-corrected chi connectivity index (χ2v) is 5.36. The number of benzene rings is 1. The topological polar surface area (TPSA) is 55.6 Å². The van der Waals surface area contributed by atoms with Crippen LogP contribution in [0.1, 0.15) is 29.8 Å². The van der Waals surface area contributed by atoms with Crippen LogP contribution >= 0.6 is 0 Å². The first-order chi connectivity index (χ1) is 8.43. The summed E-state index contributed by atoms with van der Waals surface area (Å²) in [7, 11) is 0. The van der Waals surface area contributed by atoms with Gasteiger partial charge < -0.3 is 15.4 Å². The van der Waals surface area contributed by atoms with Crippen molar-refractivity contribution < 1.29 is 9.53 Å². The zero-order valence-corrected chi connectivity index (χ0v) is 11.2. The van der Waals surface area contributed by atoms with Crippen molar-refractivity contribution in [3.63, 3.8) is 0 Å². The van der Waals surface area contributed by atoms with E-state index in [0.717, 1.165) is 5.56 Å². The minimum Gasteiger partial charge on any atom is -0.398 e. The second-order valence-electron chi connectivity index (χ2n) is 5.36. The second kappa shape index (κ2) is 4.61. The summed E-state index contributed by atoms with van der Waals surface area (Å²) in [5.41, 5.74) is 7.73. The van der Waals surface area contributed by atoms with E-state index in [1.54, 1.807) is 6.07 Å². The van der Waals surface area contributed by atoms with Gasteiger partial charge in [0.05, 0.1) is 24.3 Å². The summed E-state index contributed by atoms with van der Waals surface area (Å²) in [6.45, 7) is 7.69. The van der Waals surface area contributed by atoms with Gasteiger partial charge in [0.15, 0.2) is 0 Å². The summed E-state index contributed by atoms with van der Waals surface area (Å²) in [5, 5.41) is 0. The molecule has 0 atom stereocenters. The lowest BCUT2D eigenvalue weighted by molar-refractivity contribution is -0.0370. The maximum absolute atomic E-state index is 12.6. The number of carbonyl (C=O) groups excluding carboxylic acids is 1. The molecule has 2 rings (SSSR count). The molecule has 0 unspecified atom stereocenters. The van der Waals surface area contributed by atoms with Gasteiger partial charge in [0.1, 0.15) is 0 Å². The standard InChI is InChI=1S/C14H20N2O2/c1-10-5-4-6-11(15)12(10)13(17)16-7-8-18-9-14(16,2)3/h4-6H,7-9,15H2,1-3H3. The van der Waals surface area contributed by atoms with Crippen LogP contribution in [0.15, 0.2) is 18.2 Å². The van der Waals surface area contributed by atoms with Crippen LogP contribution in [0.25, 0.3) is 0 Å². The number of rotatable bonds is 1. The normalized spacial score (nSPS) is 18.7. The van der Waals surface area contributed by atoms with Crippen LogP contribution < -0.4 is 5.73 Å². The van der Waals surface area contributed by atoms with Gasteiger partial charge in [-0.25, -0.2) is 0 Å². The molecule has 4 heteroatoms. The van der Waals surface area contributed by atoms with Gasteiger partial charge in [0, 0.05) is 12.2 Å². The molecule has 2 N–H and O–H groups in total. The van der Waals surface area contributed by atoms with Crippen molar-refractivity contribution in [2.45, 2.75) is 26.3 Å². The largest absolute Gasteiger partial charge is 0.398 e. The summed E-state index contributed by atoms with van der Waals surface area (Å²) in [4.78, 5) is 14.5. The van der Waals surface area contributed by atoms with Gasteiger partial charge in [-0.3, -0.25) is 4.79 Å². The molecule has 0 bridgehead atoms. The highest BCUT2D eigenvalue weighted by Gasteiger charge is 2.35. The predicted molar refractivity (Wildman–Crippen MR) is 71.5 cm³/mol. The van der Waals surface area contributed by atoms with Crippen LogP contribution in [0.2, 0.25) is 0 Å². The highest BCUT2D eigenvalue weighted by molar-refractivity contribution is 6.01. The Labute approximate surface area is 108 Å². The van der Waals surface area contributed by atoms with Crippen LogP contribution in [0, 0.1) is 6.92 Å². The molecule has 18 heavy (non-hydrogen) atoms. The first-order valence-electron chi connectivity index (χ1n) is 6.18. The molecule has 0 spiro atoms. The van der Waals surface area contributed by atoms with Crippen molar-refractivity contribution in [3.8, 4) is 0 Å². The zero-order chi connectivity index (χ0) is 13.3. The van der Waals surface area contributed by atoms with Gasteiger partial charge in [0.2, 0.25) is 0 Å². The number of nitrogens with zero attached hydrogens (tertiary/aromatic N) is 1. The first kappa shape index (κ1) is 12.9. The average Bonchev–Trinajstić information content (AvgIpc) is 2.27. The Kier molecular flexibility index (Phi) is 3.30. The Morgan fingerprint density at radius 2 is 2.17 bits per heavy atom. The van der Waals surface area contributed by atoms with Crippen molar-refractivity contribution in [1.82, 2.24) is 4.90 Å². The molecule has 0 radical (unpaired) electrons. The number of carbonyl (C=O) groups is 1. The fraction of sp³-hybridized carbons (Fsp3) is 0.500. The molecular formula is C14H20N2O2. The third-order valence-electron chi connectivity index (χ3n) is 3.41. The van der Waals surface area contributed by atoms with E-state index in [1.807, 2.05) is 37.8 Å². The highest BCUT2D eigenvalue weighted by atomic mass is 16.5. The van der Waals surface area contributed by atoms with E-state index < -0.39 is 0 Å². The average molecular weight is 248 g/mol. The predicted octanol–water partition coefficient (Wildman–Crippen LogP) is 1.83. The van der Waals surface area contributed by atoms with Crippen molar-refractivity contribution in [2.75, 3.05) is 25.5 Å². The Hall–Kier alpha value is -1.55. The molecule has 1 saturated heterocycles. The number of anilines is 1. The first-order valence-corrected chi connectivity index (χ1v) is 6.18. The molecule has 0 saturated carbocycles. The third kappa shape index (κ3) is 2.20. The van der Waals surface area contributed by atoms with E-state index in [9.17, 15) is 4.79 Å². The minimum absolute atomic E-state index is 0.00102. The summed E-state index contributed by atoms with van der Waals surface area (Å²) >= 11 is 0. The number of morpholine rings is 1. The van der Waals surface area contributed by atoms with Gasteiger partial charge >= 0.3 is 0 Å². The number of ether oxygens (including phenoxy) is 1. The number of amides is 1. The molecule has 1 aromatic rings. The maximum atomic E-state index is 12.6. The molecule has 1 heterocycles. The third-order valence-corrected chi connectivity index (χ3v) is 3.41. The number of hydrogen-bond acceptors (Lipinski definition) is 3. The summed E-state index contributed by atoms with van der Waals surface area (Å²) in [6, 6.07) is 5.55. The SMILES string of the molecule is Cc1cccc(N)c1C(=O)N1CCOCC1(C)C. The molecule has 1 aliphatic rings. The van der Waals surface area contributed by atoms with Gasteiger partial charge in [-0.15, -0.1) is 0 Å². The van der Waals surface area contributed by atoms with Crippen molar-refractivity contribution in [2.24, 2.45) is 0 Å². The van der Waals surface area contributed by atoms with E-state index in [-0.39, 0.29) is 11.4 Å². The lowest BCUT2D eigenvalue weighted by Crippen LogP contribution is -2.55. The Bertz CT molecular complexity index is 449. The number of hydrogen-bond donors (Lipinski definition) is 1. The lowest BCUT2D eigenvalue weighted by Gasteiger charge is -2.42. The summed E-state index contributed by atoms with van der Waals surface area (Å²) in [6.07, 6.45) is 0. The Morgan fingerprint density at radius 1 is 1.44 bits per heavy atom. The smallest absolute Gasteiger partial charge is 0.256 e. The van der Waals surface area contributed by atoms with Gasteiger partial charge in [-0.05, 0) is 32.4 Å². The highest BCUT2D eigenvalue weighted by Crippen LogP contribution is 2.25. The quantitative estimate of drug-likeness (QED) is 0.771. The van der Waals surface area contributed by atoms with Gasteiger partial charge in [-0.1, -0.05) is 12.1 Å². The zero-order valence-electron chi connectivity index (χ0n) is 11.2. The van der Waals surface area contributed by atoms with E-state index in [0.29, 0.717) is 31.0 Å². The Balaban J connectivity index is 2.36. The van der Waals surface area contributed by atoms with Crippen LogP contribution in [-0.4, -0.2) is 36.1 Å². The fourth-order valence-electron chi connectivity index (χ4n) is 2.35. The van der Waals surface area contributed by atoms with Gasteiger partial charge in [0.25, 0.3) is 5.91 Å². The molecular weight excluding hydrogens is 228 g/mol. The molecule has 98 valence electrons. The number of aryl methyl sites for hydroxylation is 1. The van der Waals surface area contributed by atoms with Crippen LogP contribution in [0.3, 0.4) is 0 Å². The van der Waals surface area contributed by atoms with Crippen molar-refractivity contribution in [1.29, 1.82) is 0 Å². The molecule has 1 aromatic carbocycles. The Morgan fingerprint density at radius 3 is 2.78 bits per heavy atom. The van der Waals surface area contributed by atoms with E-state index in [2.05, 4.69) is 0 Å². The van der Waals surface area contributed by atoms with Gasteiger partial charge in [-0.2, -0.15) is 0 Å². The molecule has 1 amide bonds. The van der Waals surface area contributed by atoms with Crippen LogP contribution in [0.5, 0.6) is 0 Å². The number of nitrogens with two attached hydrogens (primary N) is 1. The summed E-state index contributed by atoms with van der Waals surface area (Å²) < 4.78 is 5.44.